The topological polar surface area (TPSA) is 74.7 Å². The van der Waals surface area contributed by atoms with Gasteiger partial charge in [0.15, 0.2) is 0 Å². The fraction of sp³-hybridized carbons (Fsp3) is 0.250. The van der Waals surface area contributed by atoms with E-state index in [1.807, 2.05) is 25.3 Å². The van der Waals surface area contributed by atoms with Crippen LogP contribution in [0.2, 0.25) is 0 Å². The lowest BCUT2D eigenvalue weighted by Crippen LogP contribution is -2.04. The number of thioether (sulfide) groups is 1. The van der Waals surface area contributed by atoms with Gasteiger partial charge in [-0.2, -0.15) is 5.26 Å². The van der Waals surface area contributed by atoms with Crippen LogP contribution in [0.5, 0.6) is 0 Å². The van der Waals surface area contributed by atoms with Crippen molar-refractivity contribution in [1.82, 2.24) is 9.97 Å². The lowest BCUT2D eigenvalue weighted by atomic mass is 10.3. The third-order valence-corrected chi connectivity index (χ3v) is 3.04. The van der Waals surface area contributed by atoms with Crippen LogP contribution in [0.25, 0.3) is 0 Å². The lowest BCUT2D eigenvalue weighted by molar-refractivity contribution is 0.490. The molecule has 0 saturated heterocycles. The van der Waals surface area contributed by atoms with Crippen molar-refractivity contribution in [3.63, 3.8) is 0 Å². The van der Waals surface area contributed by atoms with Gasteiger partial charge in [-0.1, -0.05) is 0 Å². The second-order valence-corrected chi connectivity index (χ2v) is 4.38. The predicted molar refractivity (Wildman–Crippen MR) is 69.3 cm³/mol. The Balaban J connectivity index is 2.17. The van der Waals surface area contributed by atoms with E-state index in [-0.39, 0.29) is 0 Å². The van der Waals surface area contributed by atoms with Gasteiger partial charge >= 0.3 is 0 Å². The van der Waals surface area contributed by atoms with Crippen molar-refractivity contribution in [2.24, 2.45) is 0 Å². The molecule has 0 spiro atoms. The van der Waals surface area contributed by atoms with Crippen LogP contribution in [-0.2, 0) is 6.54 Å². The Bertz CT molecular complexity index is 588. The van der Waals surface area contributed by atoms with Gasteiger partial charge in [0.25, 0.3) is 0 Å². The second kappa shape index (κ2) is 5.56. The van der Waals surface area contributed by atoms with Gasteiger partial charge in [0.05, 0.1) is 6.54 Å². The highest BCUT2D eigenvalue weighted by Crippen LogP contribution is 2.22. The Morgan fingerprint density at radius 1 is 1.44 bits per heavy atom. The minimum Gasteiger partial charge on any atom is -0.465 e. The molecule has 0 unspecified atom stereocenters. The molecule has 5 nitrogen and oxygen atoms in total. The van der Waals surface area contributed by atoms with E-state index in [2.05, 4.69) is 21.4 Å². The molecule has 2 rings (SSSR count). The molecular formula is C12H12N4OS. The van der Waals surface area contributed by atoms with Crippen molar-refractivity contribution < 1.29 is 4.42 Å². The second-order valence-electron chi connectivity index (χ2n) is 3.58. The van der Waals surface area contributed by atoms with E-state index in [4.69, 9.17) is 9.68 Å². The van der Waals surface area contributed by atoms with Gasteiger partial charge in [-0.25, -0.2) is 9.97 Å². The summed E-state index contributed by atoms with van der Waals surface area (Å²) in [5.74, 6) is 2.20. The van der Waals surface area contributed by atoms with Crippen LogP contribution in [0.3, 0.4) is 0 Å². The standard InChI is InChI=1S/C12H12N4OS/c1-8-3-4-9(17-8)6-14-11-10(5-13)12(18-2)16-7-15-11/h3-4,7H,6H2,1-2H3,(H,14,15,16). The minimum atomic E-state index is 0.466. The van der Waals surface area contributed by atoms with Crippen LogP contribution < -0.4 is 5.32 Å². The highest BCUT2D eigenvalue weighted by Gasteiger charge is 2.10. The van der Waals surface area contributed by atoms with Crippen LogP contribution in [-0.4, -0.2) is 16.2 Å². The van der Waals surface area contributed by atoms with E-state index in [0.717, 1.165) is 11.5 Å². The summed E-state index contributed by atoms with van der Waals surface area (Å²) in [6, 6.07) is 5.91. The van der Waals surface area contributed by atoms with E-state index in [1.165, 1.54) is 18.1 Å². The quantitative estimate of drug-likeness (QED) is 0.672. The molecule has 1 N–H and O–H groups in total. The fourth-order valence-electron chi connectivity index (χ4n) is 1.51. The monoisotopic (exact) mass is 260 g/mol. The van der Waals surface area contributed by atoms with Gasteiger partial charge in [-0.05, 0) is 25.3 Å². The third-order valence-electron chi connectivity index (χ3n) is 2.34. The van der Waals surface area contributed by atoms with Crippen molar-refractivity contribution >= 4 is 17.6 Å². The van der Waals surface area contributed by atoms with Crippen molar-refractivity contribution in [3.8, 4) is 6.07 Å². The van der Waals surface area contributed by atoms with E-state index in [0.29, 0.717) is 23.0 Å². The smallest absolute Gasteiger partial charge is 0.148 e. The summed E-state index contributed by atoms with van der Waals surface area (Å²) in [5.41, 5.74) is 0.466. The highest BCUT2D eigenvalue weighted by molar-refractivity contribution is 7.98. The third kappa shape index (κ3) is 2.63. The fourth-order valence-corrected chi connectivity index (χ4v) is 2.01. The van der Waals surface area contributed by atoms with Crippen molar-refractivity contribution in [2.75, 3.05) is 11.6 Å². The maximum atomic E-state index is 9.12. The van der Waals surface area contributed by atoms with Gasteiger partial charge in [0.1, 0.15) is 40.3 Å². The molecule has 0 radical (unpaired) electrons. The largest absolute Gasteiger partial charge is 0.465 e. The summed E-state index contributed by atoms with van der Waals surface area (Å²) in [7, 11) is 0. The molecule has 0 aliphatic carbocycles. The molecule has 2 aromatic heterocycles. The first-order valence-electron chi connectivity index (χ1n) is 5.33. The molecule has 2 heterocycles. The number of hydrogen-bond acceptors (Lipinski definition) is 6. The van der Waals surface area contributed by atoms with Crippen LogP contribution >= 0.6 is 11.8 Å². The van der Waals surface area contributed by atoms with Gasteiger partial charge in [0, 0.05) is 0 Å². The Hall–Kier alpha value is -2.00. The van der Waals surface area contributed by atoms with Gasteiger partial charge < -0.3 is 9.73 Å². The van der Waals surface area contributed by atoms with Crippen LogP contribution in [0.4, 0.5) is 5.82 Å². The van der Waals surface area contributed by atoms with E-state index < -0.39 is 0 Å². The molecule has 6 heteroatoms. The normalized spacial score (nSPS) is 10.1. The lowest BCUT2D eigenvalue weighted by Gasteiger charge is -2.07. The Labute approximate surface area is 109 Å². The van der Waals surface area contributed by atoms with Crippen LogP contribution in [0.15, 0.2) is 27.9 Å². The zero-order valence-corrected chi connectivity index (χ0v) is 10.9. The Kier molecular flexibility index (Phi) is 3.85. The summed E-state index contributed by atoms with van der Waals surface area (Å²) < 4.78 is 5.44. The Morgan fingerprint density at radius 3 is 2.89 bits per heavy atom. The summed E-state index contributed by atoms with van der Waals surface area (Å²) in [5, 5.41) is 12.9. The Morgan fingerprint density at radius 2 is 2.28 bits per heavy atom. The zero-order valence-electron chi connectivity index (χ0n) is 10.1. The molecule has 0 aliphatic rings. The number of hydrogen-bond donors (Lipinski definition) is 1. The van der Waals surface area contributed by atoms with E-state index >= 15 is 0 Å². The first-order chi connectivity index (χ1) is 8.74. The molecule has 0 aliphatic heterocycles. The number of furan rings is 1. The average molecular weight is 260 g/mol. The van der Waals surface area contributed by atoms with E-state index in [1.54, 1.807) is 0 Å². The number of anilines is 1. The number of aromatic nitrogens is 2. The molecule has 0 fully saturated rings. The molecule has 0 amide bonds. The van der Waals surface area contributed by atoms with E-state index in [9.17, 15) is 0 Å². The molecule has 0 bridgehead atoms. The zero-order chi connectivity index (χ0) is 13.0. The summed E-state index contributed by atoms with van der Waals surface area (Å²) in [4.78, 5) is 8.13. The summed E-state index contributed by atoms with van der Waals surface area (Å²) in [6.45, 7) is 2.38. The molecule has 0 atom stereocenters. The molecule has 0 aromatic carbocycles. The number of rotatable bonds is 4. The first kappa shape index (κ1) is 12.5. The van der Waals surface area contributed by atoms with Crippen LogP contribution in [0, 0.1) is 18.3 Å². The SMILES string of the molecule is CSc1ncnc(NCc2ccc(C)o2)c1C#N. The van der Waals surface area contributed by atoms with Gasteiger partial charge in [-0.3, -0.25) is 0 Å². The molecule has 2 aromatic rings. The molecule has 18 heavy (non-hydrogen) atoms. The minimum absolute atomic E-state index is 0.466. The van der Waals surface area contributed by atoms with Gasteiger partial charge in [-0.15, -0.1) is 11.8 Å². The number of nitrogens with zero attached hydrogens (tertiary/aromatic N) is 3. The number of nitriles is 1. The number of nitrogens with one attached hydrogen (secondary N) is 1. The predicted octanol–water partition coefficient (Wildman–Crippen LogP) is 2.58. The van der Waals surface area contributed by atoms with Crippen molar-refractivity contribution in [2.45, 2.75) is 18.5 Å². The maximum absolute atomic E-state index is 9.12. The summed E-state index contributed by atoms with van der Waals surface area (Å²) >= 11 is 1.42. The van der Waals surface area contributed by atoms with Crippen molar-refractivity contribution in [1.29, 1.82) is 5.26 Å². The van der Waals surface area contributed by atoms with Crippen molar-refractivity contribution in [3.05, 3.63) is 35.5 Å². The average Bonchev–Trinajstić information content (AvgIpc) is 2.81. The number of aryl methyl sites for hydroxylation is 1. The molecule has 92 valence electrons. The summed E-state index contributed by atoms with van der Waals surface area (Å²) in [6.07, 6.45) is 3.32. The molecular weight excluding hydrogens is 248 g/mol. The highest BCUT2D eigenvalue weighted by atomic mass is 32.2. The molecule has 0 saturated carbocycles. The first-order valence-corrected chi connectivity index (χ1v) is 6.55. The maximum Gasteiger partial charge on any atom is 0.148 e. The van der Waals surface area contributed by atoms with Crippen LogP contribution in [0.1, 0.15) is 17.1 Å². The van der Waals surface area contributed by atoms with Gasteiger partial charge in [0.2, 0.25) is 0 Å².